The molecule has 0 amide bonds. The van der Waals surface area contributed by atoms with Crippen molar-refractivity contribution in [1.82, 2.24) is 4.98 Å². The van der Waals surface area contributed by atoms with Gasteiger partial charge in [-0.25, -0.2) is 8.78 Å². The molecule has 1 heterocycles. The number of nitrogens with one attached hydrogen (secondary N) is 2. The Morgan fingerprint density at radius 1 is 1.26 bits per heavy atom. The predicted octanol–water partition coefficient (Wildman–Crippen LogP) is 4.31. The number of aromatic nitrogens is 1. The van der Waals surface area contributed by atoms with E-state index in [0.29, 0.717) is 0 Å². The third-order valence-electron chi connectivity index (χ3n) is 3.85. The molecule has 3 rings (SSSR count). The van der Waals surface area contributed by atoms with Crippen LogP contribution in [0.3, 0.4) is 0 Å². The smallest absolute Gasteiger partial charge is 0.282 e. The second-order valence-electron chi connectivity index (χ2n) is 5.56. The molecule has 138 valence electrons. The number of nitro benzene ring substituents is 1. The minimum Gasteiger partial charge on any atom is -0.339 e. The van der Waals surface area contributed by atoms with E-state index in [1.807, 2.05) is 0 Å². The van der Waals surface area contributed by atoms with Gasteiger partial charge < -0.3 is 10.3 Å². The molecule has 0 fully saturated rings. The second-order valence-corrected chi connectivity index (χ2v) is 5.97. The van der Waals surface area contributed by atoms with Crippen LogP contribution in [-0.4, -0.2) is 15.7 Å². The van der Waals surface area contributed by atoms with Gasteiger partial charge in [0.05, 0.1) is 21.2 Å². The summed E-state index contributed by atoms with van der Waals surface area (Å²) in [5.41, 5.74) is -2.42. The van der Waals surface area contributed by atoms with Gasteiger partial charge >= 0.3 is 0 Å². The van der Waals surface area contributed by atoms with Crippen LogP contribution in [0.5, 0.6) is 0 Å². The van der Waals surface area contributed by atoms with Gasteiger partial charge in [0.25, 0.3) is 5.69 Å². The van der Waals surface area contributed by atoms with Gasteiger partial charge in [0.1, 0.15) is 16.8 Å². The minimum absolute atomic E-state index is 0.0226. The molecule has 7 nitrogen and oxygen atoms in total. The average Bonchev–Trinajstić information content (AvgIpc) is 2.59. The Hall–Kier alpha value is -3.33. The molecule has 3 aromatic rings. The lowest BCUT2D eigenvalue weighted by Crippen LogP contribution is -2.19. The second kappa shape index (κ2) is 6.76. The Bertz CT molecular complexity index is 1180. The molecule has 0 saturated heterocycles. The number of Topliss-reactive ketones (excluding diaryl/α,β-unsaturated/α-hetero) is 1. The zero-order chi connectivity index (χ0) is 19.9. The normalized spacial score (nSPS) is 10.8. The maximum absolute atomic E-state index is 14.0. The summed E-state index contributed by atoms with van der Waals surface area (Å²) in [6.07, 6.45) is 0. The summed E-state index contributed by atoms with van der Waals surface area (Å²) in [6, 6.07) is 5.57. The maximum Gasteiger partial charge on any atom is 0.282 e. The number of pyridine rings is 1. The number of H-pyrrole nitrogens is 1. The first-order valence-electron chi connectivity index (χ1n) is 7.47. The SMILES string of the molecule is CC(=O)c1c(Nc2cccc(F)c2F)[nH]c2c(Cl)ccc([N+](=O)[O-])c2c1=O. The first kappa shape index (κ1) is 18.5. The number of carbonyl (C=O) groups is 1. The van der Waals surface area contributed by atoms with Crippen molar-refractivity contribution in [3.63, 3.8) is 0 Å². The third kappa shape index (κ3) is 3.13. The van der Waals surface area contributed by atoms with E-state index in [1.54, 1.807) is 0 Å². The molecular weight excluding hydrogens is 384 g/mol. The van der Waals surface area contributed by atoms with Crippen molar-refractivity contribution in [3.8, 4) is 0 Å². The van der Waals surface area contributed by atoms with Crippen LogP contribution in [0, 0.1) is 21.7 Å². The fourth-order valence-electron chi connectivity index (χ4n) is 2.66. The molecule has 2 N–H and O–H groups in total. The van der Waals surface area contributed by atoms with Crippen molar-refractivity contribution < 1.29 is 18.5 Å². The van der Waals surface area contributed by atoms with Crippen LogP contribution < -0.4 is 10.7 Å². The fraction of sp³-hybridized carbons (Fsp3) is 0.0588. The number of hydrogen-bond acceptors (Lipinski definition) is 5. The number of halogens is 3. The summed E-state index contributed by atoms with van der Waals surface area (Å²) in [5.74, 6) is -3.35. The molecule has 0 radical (unpaired) electrons. The first-order valence-corrected chi connectivity index (χ1v) is 7.85. The molecule has 2 aromatic carbocycles. The Labute approximate surface area is 154 Å². The van der Waals surface area contributed by atoms with E-state index in [4.69, 9.17) is 11.6 Å². The summed E-state index contributed by atoms with van der Waals surface area (Å²) in [6.45, 7) is 1.07. The predicted molar refractivity (Wildman–Crippen MR) is 95.9 cm³/mol. The van der Waals surface area contributed by atoms with Crippen molar-refractivity contribution in [2.75, 3.05) is 5.32 Å². The average molecular weight is 394 g/mol. The van der Waals surface area contributed by atoms with E-state index in [1.165, 1.54) is 18.2 Å². The van der Waals surface area contributed by atoms with Crippen LogP contribution in [0.1, 0.15) is 17.3 Å². The highest BCUT2D eigenvalue weighted by atomic mass is 35.5. The number of nitro groups is 1. The molecule has 10 heteroatoms. The van der Waals surface area contributed by atoms with E-state index in [-0.39, 0.29) is 27.4 Å². The zero-order valence-corrected chi connectivity index (χ0v) is 14.4. The highest BCUT2D eigenvalue weighted by Gasteiger charge is 2.24. The number of fused-ring (bicyclic) bond motifs is 1. The third-order valence-corrected chi connectivity index (χ3v) is 4.16. The fourth-order valence-corrected chi connectivity index (χ4v) is 2.87. The van der Waals surface area contributed by atoms with E-state index >= 15 is 0 Å². The molecular formula is C17H10ClF2N3O4. The summed E-state index contributed by atoms with van der Waals surface area (Å²) < 4.78 is 27.4. The minimum atomic E-state index is -1.22. The van der Waals surface area contributed by atoms with Crippen LogP contribution in [-0.2, 0) is 0 Å². The van der Waals surface area contributed by atoms with Gasteiger partial charge in [-0.15, -0.1) is 0 Å². The number of hydrogen-bond donors (Lipinski definition) is 2. The Balaban J connectivity index is 2.37. The topological polar surface area (TPSA) is 105 Å². The summed E-state index contributed by atoms with van der Waals surface area (Å²) >= 11 is 6.03. The van der Waals surface area contributed by atoms with Gasteiger partial charge in [0.2, 0.25) is 5.43 Å². The molecule has 0 aliphatic carbocycles. The number of ketones is 1. The van der Waals surface area contributed by atoms with Gasteiger partial charge in [-0.3, -0.25) is 19.7 Å². The number of nitrogens with zero attached hydrogens (tertiary/aromatic N) is 1. The molecule has 1 aromatic heterocycles. The van der Waals surface area contributed by atoms with Gasteiger partial charge in [-0.1, -0.05) is 17.7 Å². The summed E-state index contributed by atoms with van der Waals surface area (Å²) in [4.78, 5) is 37.9. The Morgan fingerprint density at radius 2 is 1.96 bits per heavy atom. The number of anilines is 2. The number of rotatable bonds is 4. The van der Waals surface area contributed by atoms with E-state index in [0.717, 1.165) is 19.1 Å². The molecule has 0 saturated carbocycles. The molecule has 0 aliphatic heterocycles. The van der Waals surface area contributed by atoms with E-state index < -0.39 is 39.0 Å². The lowest BCUT2D eigenvalue weighted by Gasteiger charge is -2.13. The van der Waals surface area contributed by atoms with Crippen LogP contribution in [0.4, 0.5) is 26.0 Å². The number of carbonyl (C=O) groups excluding carboxylic acids is 1. The number of benzene rings is 2. The molecule has 27 heavy (non-hydrogen) atoms. The Kier molecular flexibility index (Phi) is 4.63. The molecule has 0 spiro atoms. The van der Waals surface area contributed by atoms with Crippen molar-refractivity contribution in [2.24, 2.45) is 0 Å². The lowest BCUT2D eigenvalue weighted by molar-refractivity contribution is -0.383. The van der Waals surface area contributed by atoms with Crippen LogP contribution >= 0.6 is 11.6 Å². The standard InChI is InChI=1S/C17H10ClF2N3O4/c1-7(24)12-16(25)13-11(23(26)27)6-5-8(18)15(13)22-17(12)21-10-4-2-3-9(19)14(10)20/h2-6H,1H3,(H2,21,22,25). The molecule has 0 atom stereocenters. The first-order chi connectivity index (χ1) is 12.7. The van der Waals surface area contributed by atoms with Gasteiger partial charge in [-0.05, 0) is 25.1 Å². The number of non-ortho nitro benzene ring substituents is 1. The van der Waals surface area contributed by atoms with Crippen molar-refractivity contribution in [3.05, 3.63) is 72.9 Å². The van der Waals surface area contributed by atoms with Gasteiger partial charge in [-0.2, -0.15) is 0 Å². The van der Waals surface area contributed by atoms with Crippen molar-refractivity contribution in [2.45, 2.75) is 6.92 Å². The molecule has 0 bridgehead atoms. The van der Waals surface area contributed by atoms with E-state index in [9.17, 15) is 28.5 Å². The number of aromatic amines is 1. The maximum atomic E-state index is 14.0. The van der Waals surface area contributed by atoms with Crippen molar-refractivity contribution in [1.29, 1.82) is 0 Å². The lowest BCUT2D eigenvalue weighted by atomic mass is 10.1. The van der Waals surface area contributed by atoms with Crippen LogP contribution in [0.15, 0.2) is 35.1 Å². The Morgan fingerprint density at radius 3 is 2.59 bits per heavy atom. The highest BCUT2D eigenvalue weighted by molar-refractivity contribution is 6.35. The van der Waals surface area contributed by atoms with Crippen LogP contribution in [0.2, 0.25) is 5.02 Å². The van der Waals surface area contributed by atoms with E-state index in [2.05, 4.69) is 10.3 Å². The molecule has 0 aliphatic rings. The highest BCUT2D eigenvalue weighted by Crippen LogP contribution is 2.31. The van der Waals surface area contributed by atoms with Crippen molar-refractivity contribution >= 4 is 45.5 Å². The largest absolute Gasteiger partial charge is 0.339 e. The molecule has 0 unspecified atom stereocenters. The quantitative estimate of drug-likeness (QED) is 0.390. The summed E-state index contributed by atoms with van der Waals surface area (Å²) in [7, 11) is 0. The van der Waals surface area contributed by atoms with Gasteiger partial charge in [0.15, 0.2) is 17.4 Å². The zero-order valence-electron chi connectivity index (χ0n) is 13.6. The monoisotopic (exact) mass is 393 g/mol. The summed E-state index contributed by atoms with van der Waals surface area (Å²) in [5, 5.41) is 13.3. The van der Waals surface area contributed by atoms with Crippen LogP contribution in [0.25, 0.3) is 10.9 Å². The van der Waals surface area contributed by atoms with Gasteiger partial charge in [0, 0.05) is 6.07 Å².